The minimum absolute atomic E-state index is 0.107. The highest BCUT2D eigenvalue weighted by Crippen LogP contribution is 2.45. The largest absolute Gasteiger partial charge is 0.472 e. The lowest BCUT2D eigenvalue weighted by Crippen LogP contribution is -2.30. The molecule has 630 valence electrons. The van der Waals surface area contributed by atoms with Gasteiger partial charge in [0.15, 0.2) is 12.2 Å². The number of phosphoric acid groups is 2. The molecule has 6 atom stereocenters. The molecule has 17 nitrogen and oxygen atoms in total. The predicted molar refractivity (Wildman–Crippen MR) is 437 cm³/mol. The van der Waals surface area contributed by atoms with Crippen LogP contribution in [0.3, 0.4) is 0 Å². The van der Waals surface area contributed by atoms with Crippen LogP contribution < -0.4 is 0 Å². The van der Waals surface area contributed by atoms with Gasteiger partial charge in [0.25, 0.3) is 0 Å². The van der Waals surface area contributed by atoms with Crippen LogP contribution in [0.1, 0.15) is 459 Å². The number of carbonyl (C=O) groups is 4. The Morgan fingerprint density at radius 1 is 0.274 bits per heavy atom. The summed E-state index contributed by atoms with van der Waals surface area (Å²) in [7, 11) is -9.93. The molecule has 0 heterocycles. The van der Waals surface area contributed by atoms with Gasteiger partial charge in [-0.15, -0.1) is 0 Å². The normalized spacial score (nSPS) is 14.1. The van der Waals surface area contributed by atoms with Crippen LogP contribution in [0.25, 0.3) is 0 Å². The summed E-state index contributed by atoms with van der Waals surface area (Å²) in [6, 6.07) is 0. The number of esters is 4. The third kappa shape index (κ3) is 78.7. The van der Waals surface area contributed by atoms with Crippen molar-refractivity contribution in [3.8, 4) is 0 Å². The van der Waals surface area contributed by atoms with E-state index in [-0.39, 0.29) is 25.7 Å². The van der Waals surface area contributed by atoms with Gasteiger partial charge in [-0.1, -0.05) is 408 Å². The molecule has 0 fully saturated rings. The maximum absolute atomic E-state index is 13.2. The molecule has 0 aromatic carbocycles. The maximum Gasteiger partial charge on any atom is 0.472 e. The van der Waals surface area contributed by atoms with E-state index in [1.165, 1.54) is 263 Å². The Bertz CT molecular complexity index is 2050. The summed E-state index contributed by atoms with van der Waals surface area (Å²) in [5.41, 5.74) is 0. The van der Waals surface area contributed by atoms with Gasteiger partial charge >= 0.3 is 39.5 Å². The monoisotopic (exact) mass is 1550 g/mol. The van der Waals surface area contributed by atoms with E-state index in [9.17, 15) is 43.2 Å². The standard InChI is InChI=1S/C87H170O17P2/c1-8-10-11-12-13-14-15-16-17-18-19-20-21-22-23-24-32-37-42-47-56-63-70-86(91)103-82(74-97-84(89)68-61-54-46-41-36-31-27-25-29-34-39-44-51-58-65-78(3)4)76-101-105(93,94)99-72-81(88)73-100-106(95,96)102-77-83(75-98-85(90)69-62-55-50-49-53-60-67-80(7)9-2)104-87(92)71-64-57-48-43-38-33-28-26-30-35-40-45-52-59-66-79(5)6/h78-83,88H,8-77H2,1-7H3,(H,93,94)(H,95,96)/t80?,81-,82-,83-/m1/s1. The third-order valence-electron chi connectivity index (χ3n) is 20.7. The Kier molecular flexibility index (Phi) is 75.6. The van der Waals surface area contributed by atoms with Gasteiger partial charge in [0, 0.05) is 25.7 Å². The topological polar surface area (TPSA) is 237 Å². The molecule has 106 heavy (non-hydrogen) atoms. The van der Waals surface area contributed by atoms with E-state index in [1.807, 2.05) is 0 Å². The first kappa shape index (κ1) is 104. The van der Waals surface area contributed by atoms with Crippen molar-refractivity contribution >= 4 is 39.5 Å². The minimum Gasteiger partial charge on any atom is -0.462 e. The SMILES string of the molecule is CCCCCCCCCCCCCCCCCCCCCCCCC(=O)O[C@H](COC(=O)CCCCCCCCCCCCCCCCC(C)C)COP(=O)(O)OC[C@@H](O)COP(=O)(O)OC[C@@H](COC(=O)CCCCCCCCC(C)CC)OC(=O)CCCCCCCCCCCCCCCCC(C)C. The van der Waals surface area contributed by atoms with E-state index in [1.54, 1.807) is 0 Å². The summed E-state index contributed by atoms with van der Waals surface area (Å²) in [6.07, 6.45) is 68.2. The van der Waals surface area contributed by atoms with Crippen LogP contribution in [0, 0.1) is 17.8 Å². The average molecular weight is 1550 g/mol. The first-order valence-corrected chi connectivity index (χ1v) is 47.9. The number of hydrogen-bond acceptors (Lipinski definition) is 15. The quantitative estimate of drug-likeness (QED) is 0.0222. The molecule has 0 aliphatic rings. The molecule has 0 saturated heterocycles. The molecule has 0 bridgehead atoms. The molecule has 0 aliphatic heterocycles. The second-order valence-electron chi connectivity index (χ2n) is 32.5. The summed E-state index contributed by atoms with van der Waals surface area (Å²) in [4.78, 5) is 73.2. The first-order valence-electron chi connectivity index (χ1n) is 44.9. The highest BCUT2D eigenvalue weighted by molar-refractivity contribution is 7.47. The maximum atomic E-state index is 13.2. The number of ether oxygens (including phenoxy) is 4. The lowest BCUT2D eigenvalue weighted by atomic mass is 10.00. The van der Waals surface area contributed by atoms with Gasteiger partial charge in [-0.2, -0.15) is 0 Å². The van der Waals surface area contributed by atoms with Crippen LogP contribution in [0.15, 0.2) is 0 Å². The summed E-state index contributed by atoms with van der Waals surface area (Å²) in [5, 5.41) is 10.7. The van der Waals surface area contributed by atoms with Gasteiger partial charge in [-0.05, 0) is 43.4 Å². The fourth-order valence-electron chi connectivity index (χ4n) is 13.5. The van der Waals surface area contributed by atoms with E-state index in [0.717, 1.165) is 114 Å². The lowest BCUT2D eigenvalue weighted by Gasteiger charge is -2.21. The Morgan fingerprint density at radius 3 is 0.717 bits per heavy atom. The van der Waals surface area contributed by atoms with Crippen LogP contribution in [0.2, 0.25) is 0 Å². The average Bonchev–Trinajstić information content (AvgIpc) is 0.903. The molecule has 0 radical (unpaired) electrons. The van der Waals surface area contributed by atoms with Gasteiger partial charge in [0.1, 0.15) is 19.3 Å². The molecule has 0 saturated carbocycles. The van der Waals surface area contributed by atoms with Crippen molar-refractivity contribution < 1.29 is 80.2 Å². The van der Waals surface area contributed by atoms with E-state index in [2.05, 4.69) is 48.5 Å². The lowest BCUT2D eigenvalue weighted by molar-refractivity contribution is -0.161. The molecule has 0 spiro atoms. The second-order valence-corrected chi connectivity index (χ2v) is 35.4. The zero-order valence-corrected chi connectivity index (χ0v) is 71.7. The molecular formula is C87H170O17P2. The zero-order valence-electron chi connectivity index (χ0n) is 69.9. The van der Waals surface area contributed by atoms with E-state index >= 15 is 0 Å². The van der Waals surface area contributed by atoms with Crippen molar-refractivity contribution in [2.24, 2.45) is 17.8 Å². The minimum atomic E-state index is -4.97. The molecule has 0 aromatic rings. The number of aliphatic hydroxyl groups excluding tert-OH is 1. The van der Waals surface area contributed by atoms with E-state index in [4.69, 9.17) is 37.0 Å². The van der Waals surface area contributed by atoms with Crippen LogP contribution in [-0.2, 0) is 65.4 Å². The van der Waals surface area contributed by atoms with Crippen molar-refractivity contribution in [2.75, 3.05) is 39.6 Å². The molecule has 3 unspecified atom stereocenters. The molecule has 3 N–H and O–H groups in total. The smallest absolute Gasteiger partial charge is 0.462 e. The van der Waals surface area contributed by atoms with Gasteiger partial charge in [-0.3, -0.25) is 37.3 Å². The van der Waals surface area contributed by atoms with Gasteiger partial charge < -0.3 is 33.8 Å². The summed E-state index contributed by atoms with van der Waals surface area (Å²) < 4.78 is 68.9. The zero-order chi connectivity index (χ0) is 77.9. The molecule has 19 heteroatoms. The highest BCUT2D eigenvalue weighted by Gasteiger charge is 2.31. The Balaban J connectivity index is 5.22. The number of hydrogen-bond donors (Lipinski definition) is 3. The third-order valence-corrected chi connectivity index (χ3v) is 22.6. The van der Waals surface area contributed by atoms with Crippen LogP contribution in [0.4, 0.5) is 0 Å². The van der Waals surface area contributed by atoms with Crippen molar-refractivity contribution in [3.63, 3.8) is 0 Å². The summed E-state index contributed by atoms with van der Waals surface area (Å²) in [5.74, 6) is 0.219. The molecular weight excluding hydrogens is 1380 g/mol. The van der Waals surface area contributed by atoms with E-state index in [0.29, 0.717) is 25.7 Å². The molecule has 0 aromatic heterocycles. The molecule has 0 aliphatic carbocycles. The van der Waals surface area contributed by atoms with Gasteiger partial charge in [-0.25, -0.2) is 9.13 Å². The first-order chi connectivity index (χ1) is 51.3. The van der Waals surface area contributed by atoms with Gasteiger partial charge in [0.05, 0.1) is 26.4 Å². The highest BCUT2D eigenvalue weighted by atomic mass is 31.2. The number of rotatable bonds is 85. The van der Waals surface area contributed by atoms with Crippen LogP contribution in [-0.4, -0.2) is 96.7 Å². The molecule has 0 amide bonds. The Hall–Kier alpha value is -1.94. The predicted octanol–water partition coefficient (Wildman–Crippen LogP) is 26.5. The van der Waals surface area contributed by atoms with Crippen molar-refractivity contribution in [2.45, 2.75) is 478 Å². The number of unbranched alkanes of at least 4 members (excludes halogenated alkanes) is 52. The molecule has 0 rings (SSSR count). The Labute approximate surface area is 651 Å². The summed E-state index contributed by atoms with van der Waals surface area (Å²) in [6.45, 7) is 12.0. The van der Waals surface area contributed by atoms with Crippen molar-refractivity contribution in [1.82, 2.24) is 0 Å². The van der Waals surface area contributed by atoms with Crippen molar-refractivity contribution in [3.05, 3.63) is 0 Å². The Morgan fingerprint density at radius 2 is 0.481 bits per heavy atom. The van der Waals surface area contributed by atoms with Gasteiger partial charge in [0.2, 0.25) is 0 Å². The van der Waals surface area contributed by atoms with Crippen LogP contribution in [0.5, 0.6) is 0 Å². The second kappa shape index (κ2) is 77.0. The fourth-order valence-corrected chi connectivity index (χ4v) is 15.1. The number of aliphatic hydroxyl groups is 1. The number of phosphoric ester groups is 2. The van der Waals surface area contributed by atoms with Crippen molar-refractivity contribution in [1.29, 1.82) is 0 Å². The van der Waals surface area contributed by atoms with E-state index < -0.39 is 97.5 Å². The summed E-state index contributed by atoms with van der Waals surface area (Å²) >= 11 is 0. The fraction of sp³-hybridized carbons (Fsp3) is 0.954. The van der Waals surface area contributed by atoms with Crippen LogP contribution >= 0.6 is 15.6 Å². The number of carbonyl (C=O) groups excluding carboxylic acids is 4.